The van der Waals surface area contributed by atoms with Gasteiger partial charge in [0.1, 0.15) is 5.69 Å². The van der Waals surface area contributed by atoms with E-state index in [9.17, 15) is 14.4 Å². The first-order chi connectivity index (χ1) is 14.0. The molecule has 1 unspecified atom stereocenters. The van der Waals surface area contributed by atoms with Gasteiger partial charge in [0.2, 0.25) is 5.91 Å². The molecule has 0 saturated carbocycles. The maximum absolute atomic E-state index is 12.9. The molecular formula is C21H24N4O4. The molecule has 1 fully saturated rings. The molecule has 0 bridgehead atoms. The predicted octanol–water partition coefficient (Wildman–Crippen LogP) is 2.09. The lowest BCUT2D eigenvalue weighted by molar-refractivity contribution is -0.134. The van der Waals surface area contributed by atoms with Crippen LogP contribution in [0.3, 0.4) is 0 Å². The summed E-state index contributed by atoms with van der Waals surface area (Å²) >= 11 is 0. The van der Waals surface area contributed by atoms with Crippen molar-refractivity contribution in [2.45, 2.75) is 38.1 Å². The number of carbonyl (C=O) groups is 3. The lowest BCUT2D eigenvalue weighted by atomic mass is 9.93. The third-order valence-corrected chi connectivity index (χ3v) is 5.15. The fourth-order valence-corrected chi connectivity index (χ4v) is 3.52. The number of nitrogens with zero attached hydrogens (tertiary/aromatic N) is 3. The van der Waals surface area contributed by atoms with Crippen LogP contribution >= 0.6 is 0 Å². The van der Waals surface area contributed by atoms with Crippen LogP contribution in [0.5, 0.6) is 0 Å². The van der Waals surface area contributed by atoms with E-state index in [4.69, 9.17) is 5.11 Å². The first kappa shape index (κ1) is 20.4. The fourth-order valence-electron chi connectivity index (χ4n) is 3.52. The number of carboxylic acid groups (broad SMARTS) is 1. The zero-order chi connectivity index (χ0) is 20.8. The van der Waals surface area contributed by atoms with Crippen molar-refractivity contribution in [1.29, 1.82) is 0 Å². The van der Waals surface area contributed by atoms with Crippen LogP contribution in [0.4, 0.5) is 0 Å². The molecule has 2 heterocycles. The van der Waals surface area contributed by atoms with E-state index in [0.29, 0.717) is 25.9 Å². The van der Waals surface area contributed by atoms with Crippen LogP contribution in [0.1, 0.15) is 58.6 Å². The maximum atomic E-state index is 12.9. The van der Waals surface area contributed by atoms with E-state index in [0.717, 1.165) is 24.4 Å². The van der Waals surface area contributed by atoms with E-state index in [2.05, 4.69) is 15.3 Å². The Morgan fingerprint density at radius 3 is 2.28 bits per heavy atom. The second-order valence-electron chi connectivity index (χ2n) is 7.04. The monoisotopic (exact) mass is 396 g/mol. The highest BCUT2D eigenvalue weighted by molar-refractivity contribution is 5.93. The van der Waals surface area contributed by atoms with Crippen LogP contribution in [-0.4, -0.2) is 56.9 Å². The van der Waals surface area contributed by atoms with Crippen LogP contribution in [0, 0.1) is 0 Å². The van der Waals surface area contributed by atoms with Crippen molar-refractivity contribution in [2.75, 3.05) is 13.1 Å². The van der Waals surface area contributed by atoms with Gasteiger partial charge in [-0.2, -0.15) is 0 Å². The van der Waals surface area contributed by atoms with Gasteiger partial charge in [0.25, 0.3) is 5.91 Å². The minimum atomic E-state index is -1.19. The highest BCUT2D eigenvalue weighted by Crippen LogP contribution is 2.24. The third kappa shape index (κ3) is 4.96. The standard InChI is InChI=1S/C21H24N4O4/c1-2-16(14-6-4-3-5-7-14)20(27)25-10-8-15(9-11-25)24-19(26)17-12-23-18(13-22-17)21(28)29/h3-7,12-13,15-16H,2,8-11H2,1H3,(H,24,26)(H,28,29). The van der Waals surface area contributed by atoms with E-state index < -0.39 is 11.9 Å². The summed E-state index contributed by atoms with van der Waals surface area (Å²) in [4.78, 5) is 45.5. The minimum Gasteiger partial charge on any atom is -0.476 e. The number of hydrogen-bond acceptors (Lipinski definition) is 5. The topological polar surface area (TPSA) is 112 Å². The second-order valence-corrected chi connectivity index (χ2v) is 7.04. The molecule has 152 valence electrons. The Morgan fingerprint density at radius 1 is 1.10 bits per heavy atom. The number of carbonyl (C=O) groups excluding carboxylic acids is 2. The molecule has 2 aromatic rings. The highest BCUT2D eigenvalue weighted by atomic mass is 16.4. The molecule has 1 aromatic carbocycles. The number of nitrogens with one attached hydrogen (secondary N) is 1. The van der Waals surface area contributed by atoms with Gasteiger partial charge in [-0.05, 0) is 24.8 Å². The number of benzene rings is 1. The number of amides is 2. The largest absolute Gasteiger partial charge is 0.476 e. The molecule has 1 saturated heterocycles. The van der Waals surface area contributed by atoms with E-state index >= 15 is 0 Å². The number of carboxylic acids is 1. The number of aromatic carboxylic acids is 1. The Labute approximate surface area is 169 Å². The van der Waals surface area contributed by atoms with Gasteiger partial charge in [-0.1, -0.05) is 37.3 Å². The first-order valence-corrected chi connectivity index (χ1v) is 9.69. The van der Waals surface area contributed by atoms with Gasteiger partial charge in [0.05, 0.1) is 18.3 Å². The van der Waals surface area contributed by atoms with Crippen LogP contribution in [-0.2, 0) is 4.79 Å². The Balaban J connectivity index is 1.54. The highest BCUT2D eigenvalue weighted by Gasteiger charge is 2.29. The SMILES string of the molecule is CCC(C(=O)N1CCC(NC(=O)c2cnc(C(=O)O)cn2)CC1)c1ccccc1. The number of aromatic nitrogens is 2. The molecule has 3 rings (SSSR count). The first-order valence-electron chi connectivity index (χ1n) is 9.69. The molecule has 2 amide bonds. The number of hydrogen-bond donors (Lipinski definition) is 2. The van der Waals surface area contributed by atoms with Gasteiger partial charge in [0.15, 0.2) is 5.69 Å². The molecule has 8 heteroatoms. The van der Waals surface area contributed by atoms with Gasteiger partial charge < -0.3 is 15.3 Å². The van der Waals surface area contributed by atoms with Gasteiger partial charge in [0, 0.05) is 19.1 Å². The van der Waals surface area contributed by atoms with E-state index in [1.165, 1.54) is 0 Å². The summed E-state index contributed by atoms with van der Waals surface area (Å²) in [6.07, 6.45) is 4.27. The van der Waals surface area contributed by atoms with Gasteiger partial charge in [-0.3, -0.25) is 9.59 Å². The molecule has 0 radical (unpaired) electrons. The molecule has 8 nitrogen and oxygen atoms in total. The summed E-state index contributed by atoms with van der Waals surface area (Å²) in [5.41, 5.74) is 0.889. The lowest BCUT2D eigenvalue weighted by Gasteiger charge is -2.34. The number of rotatable bonds is 6. The summed E-state index contributed by atoms with van der Waals surface area (Å²) < 4.78 is 0. The summed E-state index contributed by atoms with van der Waals surface area (Å²) in [6.45, 7) is 3.17. The zero-order valence-electron chi connectivity index (χ0n) is 16.2. The summed E-state index contributed by atoms with van der Waals surface area (Å²) in [5.74, 6) is -1.61. The lowest BCUT2D eigenvalue weighted by Crippen LogP contribution is -2.47. The summed E-state index contributed by atoms with van der Waals surface area (Å²) in [6, 6.07) is 9.72. The van der Waals surface area contributed by atoms with Gasteiger partial charge in [-0.15, -0.1) is 0 Å². The Morgan fingerprint density at radius 2 is 1.72 bits per heavy atom. The quantitative estimate of drug-likeness (QED) is 0.773. The van der Waals surface area contributed by atoms with Crippen molar-refractivity contribution < 1.29 is 19.5 Å². The molecular weight excluding hydrogens is 372 g/mol. The molecule has 1 aliphatic rings. The van der Waals surface area contributed by atoms with Crippen LogP contribution in [0.15, 0.2) is 42.7 Å². The third-order valence-electron chi connectivity index (χ3n) is 5.15. The van der Waals surface area contributed by atoms with Crippen molar-refractivity contribution in [2.24, 2.45) is 0 Å². The van der Waals surface area contributed by atoms with Gasteiger partial charge in [-0.25, -0.2) is 14.8 Å². The van der Waals surface area contributed by atoms with Crippen molar-refractivity contribution in [1.82, 2.24) is 20.2 Å². The van der Waals surface area contributed by atoms with E-state index in [-0.39, 0.29) is 29.3 Å². The van der Waals surface area contributed by atoms with Crippen LogP contribution in [0.2, 0.25) is 0 Å². The summed E-state index contributed by atoms with van der Waals surface area (Å²) in [5, 5.41) is 11.7. The molecule has 0 aliphatic carbocycles. The van der Waals surface area contributed by atoms with E-state index in [1.54, 1.807) is 0 Å². The van der Waals surface area contributed by atoms with Gasteiger partial charge >= 0.3 is 5.97 Å². The molecule has 2 N–H and O–H groups in total. The van der Waals surface area contributed by atoms with Crippen molar-refractivity contribution in [3.05, 3.63) is 59.7 Å². The van der Waals surface area contributed by atoms with Crippen molar-refractivity contribution >= 4 is 17.8 Å². The Kier molecular flexibility index (Phi) is 6.54. The molecule has 1 atom stereocenters. The predicted molar refractivity (Wildman–Crippen MR) is 106 cm³/mol. The van der Waals surface area contributed by atoms with E-state index in [1.807, 2.05) is 42.2 Å². The van der Waals surface area contributed by atoms with Crippen LogP contribution < -0.4 is 5.32 Å². The molecule has 0 spiro atoms. The molecule has 1 aromatic heterocycles. The van der Waals surface area contributed by atoms with Crippen molar-refractivity contribution in [3.8, 4) is 0 Å². The maximum Gasteiger partial charge on any atom is 0.356 e. The summed E-state index contributed by atoms with van der Waals surface area (Å²) in [7, 11) is 0. The average molecular weight is 396 g/mol. The average Bonchev–Trinajstić information content (AvgIpc) is 2.75. The smallest absolute Gasteiger partial charge is 0.356 e. The normalized spacial score (nSPS) is 15.6. The molecule has 29 heavy (non-hydrogen) atoms. The van der Waals surface area contributed by atoms with Crippen LogP contribution in [0.25, 0.3) is 0 Å². The second kappa shape index (κ2) is 9.27. The zero-order valence-corrected chi connectivity index (χ0v) is 16.2. The Bertz CT molecular complexity index is 862. The Hall–Kier alpha value is -3.29. The number of likely N-dealkylation sites (tertiary alicyclic amines) is 1. The minimum absolute atomic E-state index is 0.0655. The number of piperidine rings is 1. The fraction of sp³-hybridized carbons (Fsp3) is 0.381. The molecule has 1 aliphatic heterocycles. The van der Waals surface area contributed by atoms with Crippen molar-refractivity contribution in [3.63, 3.8) is 0 Å².